The molecule has 0 saturated carbocycles. The number of carbonyl (C=O) groups is 1. The van der Waals surface area contributed by atoms with E-state index in [1.165, 1.54) is 24.3 Å². The Morgan fingerprint density at radius 2 is 1.68 bits per heavy atom. The van der Waals surface area contributed by atoms with Crippen LogP contribution in [0.15, 0.2) is 53.4 Å². The molecule has 0 fully saturated rings. The summed E-state index contributed by atoms with van der Waals surface area (Å²) in [5.74, 6) is 0.625. The Morgan fingerprint density at radius 3 is 2.29 bits per heavy atom. The molecule has 2 aromatic carbocycles. The largest absolute Gasteiger partial charge is 0.492 e. The molecule has 0 spiro atoms. The highest BCUT2D eigenvalue weighted by Gasteiger charge is 2.18. The van der Waals surface area contributed by atoms with Crippen LogP contribution in [-0.2, 0) is 14.8 Å². The van der Waals surface area contributed by atoms with Crippen LogP contribution in [-0.4, -0.2) is 33.1 Å². The van der Waals surface area contributed by atoms with Crippen LogP contribution in [0.2, 0.25) is 0 Å². The maximum absolute atomic E-state index is 12.6. The number of anilines is 1. The lowest BCUT2D eigenvalue weighted by atomic mass is 10.3. The van der Waals surface area contributed by atoms with Gasteiger partial charge in [0, 0.05) is 6.04 Å². The monoisotopic (exact) mass is 406 g/mol. The smallest absolute Gasteiger partial charge is 0.262 e. The summed E-state index contributed by atoms with van der Waals surface area (Å²) in [7, 11) is -3.80. The van der Waals surface area contributed by atoms with E-state index in [0.29, 0.717) is 23.8 Å². The molecule has 2 aromatic rings. The molecular formula is C20H26N2O5S. The van der Waals surface area contributed by atoms with Crippen LogP contribution in [0.5, 0.6) is 11.5 Å². The van der Waals surface area contributed by atoms with Gasteiger partial charge in [0.15, 0.2) is 6.10 Å². The highest BCUT2D eigenvalue weighted by Crippen LogP contribution is 2.27. The summed E-state index contributed by atoms with van der Waals surface area (Å²) in [6.07, 6.45) is -0.693. The summed E-state index contributed by atoms with van der Waals surface area (Å²) in [6, 6.07) is 12.7. The second-order valence-corrected chi connectivity index (χ2v) is 8.11. The number of hydrogen-bond donors (Lipinski definition) is 2. The van der Waals surface area contributed by atoms with Crippen molar-refractivity contribution in [2.24, 2.45) is 0 Å². The van der Waals surface area contributed by atoms with Crippen molar-refractivity contribution in [1.29, 1.82) is 0 Å². The molecule has 7 nitrogen and oxygen atoms in total. The summed E-state index contributed by atoms with van der Waals surface area (Å²) in [5.41, 5.74) is 0.364. The number of rotatable bonds is 9. The minimum atomic E-state index is -3.80. The molecule has 0 aliphatic carbocycles. The molecule has 0 aliphatic rings. The average Bonchev–Trinajstić information content (AvgIpc) is 2.63. The number of ether oxygens (including phenoxy) is 2. The molecule has 8 heteroatoms. The van der Waals surface area contributed by atoms with Crippen molar-refractivity contribution in [3.63, 3.8) is 0 Å². The molecule has 1 atom stereocenters. The molecule has 0 radical (unpaired) electrons. The van der Waals surface area contributed by atoms with Gasteiger partial charge in [-0.05, 0) is 64.1 Å². The summed E-state index contributed by atoms with van der Waals surface area (Å²) in [6.45, 7) is 7.61. The van der Waals surface area contributed by atoms with E-state index in [4.69, 9.17) is 9.47 Å². The Hall–Kier alpha value is -2.74. The van der Waals surface area contributed by atoms with Gasteiger partial charge in [-0.1, -0.05) is 12.1 Å². The molecule has 1 amide bonds. The van der Waals surface area contributed by atoms with E-state index in [-0.39, 0.29) is 16.8 Å². The summed E-state index contributed by atoms with van der Waals surface area (Å²) < 4.78 is 38.8. The van der Waals surface area contributed by atoms with Gasteiger partial charge in [-0.15, -0.1) is 0 Å². The van der Waals surface area contributed by atoms with Crippen molar-refractivity contribution in [2.75, 3.05) is 11.3 Å². The van der Waals surface area contributed by atoms with Gasteiger partial charge in [-0.2, -0.15) is 0 Å². The maximum Gasteiger partial charge on any atom is 0.262 e. The Kier molecular flexibility index (Phi) is 7.28. The number of hydrogen-bond acceptors (Lipinski definition) is 5. The number of carbonyl (C=O) groups excluding carboxylic acids is 1. The molecule has 28 heavy (non-hydrogen) atoms. The van der Waals surface area contributed by atoms with Gasteiger partial charge in [0.1, 0.15) is 11.5 Å². The van der Waals surface area contributed by atoms with Gasteiger partial charge in [0.25, 0.3) is 15.9 Å². The van der Waals surface area contributed by atoms with Gasteiger partial charge >= 0.3 is 0 Å². The highest BCUT2D eigenvalue weighted by molar-refractivity contribution is 7.92. The van der Waals surface area contributed by atoms with Crippen LogP contribution in [0.1, 0.15) is 27.7 Å². The first-order valence-electron chi connectivity index (χ1n) is 9.04. The molecule has 0 saturated heterocycles. The normalized spacial score (nSPS) is 12.3. The summed E-state index contributed by atoms with van der Waals surface area (Å²) >= 11 is 0. The van der Waals surface area contributed by atoms with Crippen LogP contribution in [0.3, 0.4) is 0 Å². The second-order valence-electron chi connectivity index (χ2n) is 6.43. The van der Waals surface area contributed by atoms with Crippen LogP contribution in [0.25, 0.3) is 0 Å². The minimum absolute atomic E-state index is 0.0108. The first-order chi connectivity index (χ1) is 13.2. The molecule has 0 unspecified atom stereocenters. The lowest BCUT2D eigenvalue weighted by molar-refractivity contribution is -0.127. The Morgan fingerprint density at radius 1 is 1.04 bits per heavy atom. The third-order valence-electron chi connectivity index (χ3n) is 3.68. The maximum atomic E-state index is 12.6. The molecule has 2 N–H and O–H groups in total. The molecular weight excluding hydrogens is 380 g/mol. The van der Waals surface area contributed by atoms with Crippen molar-refractivity contribution in [3.8, 4) is 11.5 Å². The van der Waals surface area contributed by atoms with Gasteiger partial charge in [0.2, 0.25) is 0 Å². The van der Waals surface area contributed by atoms with E-state index in [1.807, 2.05) is 20.8 Å². The molecule has 2 rings (SSSR count). The Bertz CT molecular complexity index is 895. The zero-order chi connectivity index (χ0) is 20.7. The van der Waals surface area contributed by atoms with E-state index in [2.05, 4.69) is 10.0 Å². The fraction of sp³-hybridized carbons (Fsp3) is 0.350. The lowest BCUT2D eigenvalue weighted by Crippen LogP contribution is -2.40. The van der Waals surface area contributed by atoms with E-state index in [9.17, 15) is 13.2 Å². The zero-order valence-corrected chi connectivity index (χ0v) is 17.2. The van der Waals surface area contributed by atoms with Crippen LogP contribution in [0, 0.1) is 0 Å². The van der Waals surface area contributed by atoms with E-state index >= 15 is 0 Å². The van der Waals surface area contributed by atoms with E-state index in [1.54, 1.807) is 31.2 Å². The van der Waals surface area contributed by atoms with Gasteiger partial charge in [-0.3, -0.25) is 9.52 Å². The Labute approximate surface area is 166 Å². The Balaban J connectivity index is 2.11. The molecule has 0 aliphatic heterocycles. The highest BCUT2D eigenvalue weighted by atomic mass is 32.2. The zero-order valence-electron chi connectivity index (χ0n) is 16.4. The summed E-state index contributed by atoms with van der Waals surface area (Å²) in [4.78, 5) is 12.0. The van der Waals surface area contributed by atoms with E-state index < -0.39 is 16.1 Å². The van der Waals surface area contributed by atoms with Crippen molar-refractivity contribution >= 4 is 21.6 Å². The van der Waals surface area contributed by atoms with Gasteiger partial charge in [-0.25, -0.2) is 8.42 Å². The topological polar surface area (TPSA) is 93.7 Å². The number of sulfonamides is 1. The van der Waals surface area contributed by atoms with Crippen LogP contribution < -0.4 is 19.5 Å². The van der Waals surface area contributed by atoms with Crippen molar-refractivity contribution in [3.05, 3.63) is 48.5 Å². The number of amides is 1. The number of benzene rings is 2. The third kappa shape index (κ3) is 5.88. The number of para-hydroxylation sites is 2. The fourth-order valence-electron chi connectivity index (χ4n) is 2.39. The van der Waals surface area contributed by atoms with Crippen LogP contribution >= 0.6 is 0 Å². The predicted octanol–water partition coefficient (Wildman–Crippen LogP) is 3.18. The predicted molar refractivity (Wildman–Crippen MR) is 108 cm³/mol. The van der Waals surface area contributed by atoms with Crippen molar-refractivity contribution < 1.29 is 22.7 Å². The molecule has 0 bridgehead atoms. The SMILES string of the molecule is CCOc1ccccc1NS(=O)(=O)c1ccc(O[C@@H](C)C(=O)NC(C)C)cc1. The standard InChI is InChI=1S/C20H26N2O5S/c1-5-26-19-9-7-6-8-18(19)22-28(24,25)17-12-10-16(11-13-17)27-15(4)20(23)21-14(2)3/h6-15,22H,5H2,1-4H3,(H,21,23)/t15-/m0/s1. The quantitative estimate of drug-likeness (QED) is 0.667. The first kappa shape index (κ1) is 21.6. The number of nitrogens with one attached hydrogen (secondary N) is 2. The second kappa shape index (κ2) is 9.45. The lowest BCUT2D eigenvalue weighted by Gasteiger charge is -2.17. The van der Waals surface area contributed by atoms with Crippen molar-refractivity contribution in [1.82, 2.24) is 5.32 Å². The first-order valence-corrected chi connectivity index (χ1v) is 10.5. The molecule has 152 valence electrons. The van der Waals surface area contributed by atoms with Gasteiger partial charge in [0.05, 0.1) is 17.2 Å². The van der Waals surface area contributed by atoms with Crippen molar-refractivity contribution in [2.45, 2.75) is 44.7 Å². The summed E-state index contributed by atoms with van der Waals surface area (Å²) in [5, 5.41) is 2.76. The van der Waals surface area contributed by atoms with Gasteiger partial charge < -0.3 is 14.8 Å². The van der Waals surface area contributed by atoms with E-state index in [0.717, 1.165) is 0 Å². The average molecular weight is 407 g/mol. The van der Waals surface area contributed by atoms with Crippen LogP contribution in [0.4, 0.5) is 5.69 Å². The fourth-order valence-corrected chi connectivity index (χ4v) is 3.46. The third-order valence-corrected chi connectivity index (χ3v) is 5.06. The molecule has 0 aromatic heterocycles. The molecule has 0 heterocycles. The minimum Gasteiger partial charge on any atom is -0.492 e.